The molecular weight excluding hydrogens is 257 g/mol. The lowest BCUT2D eigenvalue weighted by Crippen LogP contribution is -2.55. The van der Waals surface area contributed by atoms with E-state index in [1.54, 1.807) is 0 Å². The van der Waals surface area contributed by atoms with Crippen LogP contribution in [-0.4, -0.2) is 6.10 Å². The topological polar surface area (TPSA) is 13.1 Å². The summed E-state index contributed by atoms with van der Waals surface area (Å²) < 4.78 is 64.9. The molecule has 7 heteroatoms. The molecule has 1 saturated carbocycles. The van der Waals surface area contributed by atoms with E-state index >= 15 is 0 Å². The van der Waals surface area contributed by atoms with Crippen molar-refractivity contribution < 1.29 is 31.5 Å². The van der Waals surface area contributed by atoms with Crippen LogP contribution >= 0.6 is 0 Å². The van der Waals surface area contributed by atoms with Gasteiger partial charge in [-0.1, -0.05) is 6.42 Å². The van der Waals surface area contributed by atoms with Crippen LogP contribution in [0.1, 0.15) is 32.1 Å². The summed E-state index contributed by atoms with van der Waals surface area (Å²) in [6.07, 6.45) is 3.12. The molecule has 1 heterocycles. The maximum atomic E-state index is 13.3. The second-order valence-corrected chi connectivity index (χ2v) is 4.18. The van der Waals surface area contributed by atoms with Gasteiger partial charge in [0.25, 0.3) is 11.6 Å². The van der Waals surface area contributed by atoms with Crippen LogP contribution in [0.2, 0.25) is 0 Å². The van der Waals surface area contributed by atoms with Crippen molar-refractivity contribution in [1.29, 1.82) is 0 Å². The Morgan fingerprint density at radius 3 is 1.78 bits per heavy atom. The fraction of sp³-hybridized carbons (Fsp3) is 0.545. The normalized spacial score (nSPS) is 16.9. The first kappa shape index (κ1) is 13.0. The van der Waals surface area contributed by atoms with Gasteiger partial charge in [0.15, 0.2) is 6.10 Å². The first-order valence-electron chi connectivity index (χ1n) is 5.63. The van der Waals surface area contributed by atoms with Crippen molar-refractivity contribution in [2.45, 2.75) is 38.2 Å². The zero-order valence-electron chi connectivity index (χ0n) is 9.36. The minimum Gasteiger partial charge on any atom is -0.262 e. The Morgan fingerprint density at radius 1 is 0.778 bits per heavy atom. The molecule has 0 atom stereocenters. The fourth-order valence-electron chi connectivity index (χ4n) is 1.95. The Labute approximate surface area is 99.9 Å². The predicted molar refractivity (Wildman–Crippen MR) is 49.9 cm³/mol. The Balaban J connectivity index is 2.32. The molecule has 2 nitrogen and oxygen atoms in total. The molecule has 0 unspecified atom stereocenters. The number of nitrogens with zero attached hydrogens (tertiary/aromatic N) is 1. The lowest BCUT2D eigenvalue weighted by molar-refractivity contribution is -0.938. The molecule has 1 aromatic heterocycles. The average molecular weight is 268 g/mol. The molecule has 0 amide bonds. The highest BCUT2D eigenvalue weighted by atomic mass is 19.2. The summed E-state index contributed by atoms with van der Waals surface area (Å²) in [5.74, 6) is -10.2. The van der Waals surface area contributed by atoms with Gasteiger partial charge in [0.05, 0.1) is 4.73 Å². The van der Waals surface area contributed by atoms with Gasteiger partial charge in [-0.3, -0.25) is 4.84 Å². The smallest absolute Gasteiger partial charge is 0.262 e. The van der Waals surface area contributed by atoms with Crippen LogP contribution in [0.3, 0.4) is 0 Å². The highest BCUT2D eigenvalue weighted by Crippen LogP contribution is 2.19. The number of aromatic nitrogens is 1. The van der Waals surface area contributed by atoms with E-state index in [9.17, 15) is 22.0 Å². The molecular formula is C11H11F5NO+. The van der Waals surface area contributed by atoms with Crippen molar-refractivity contribution in [2.24, 2.45) is 0 Å². The molecule has 0 bridgehead atoms. The van der Waals surface area contributed by atoms with Crippen LogP contribution in [0.25, 0.3) is 0 Å². The van der Waals surface area contributed by atoms with Gasteiger partial charge in [-0.15, -0.1) is 8.78 Å². The van der Waals surface area contributed by atoms with Gasteiger partial charge in [-0.05, 0) is 25.7 Å². The third kappa shape index (κ3) is 2.26. The third-order valence-electron chi connectivity index (χ3n) is 2.91. The molecule has 1 aliphatic rings. The molecule has 2 rings (SSSR count). The van der Waals surface area contributed by atoms with Crippen molar-refractivity contribution in [3.63, 3.8) is 0 Å². The van der Waals surface area contributed by atoms with Gasteiger partial charge in [-0.2, -0.15) is 13.2 Å². The minimum absolute atomic E-state index is 0.246. The number of hydrogen-bond acceptors (Lipinski definition) is 1. The summed E-state index contributed by atoms with van der Waals surface area (Å²) in [5.41, 5.74) is 0. The molecule has 0 N–H and O–H groups in total. The lowest BCUT2D eigenvalue weighted by atomic mass is 9.98. The van der Waals surface area contributed by atoms with Crippen molar-refractivity contribution >= 4 is 0 Å². The van der Waals surface area contributed by atoms with Gasteiger partial charge in [0.2, 0.25) is 5.82 Å². The first-order valence-corrected chi connectivity index (χ1v) is 5.63. The quantitative estimate of drug-likeness (QED) is 0.456. The van der Waals surface area contributed by atoms with E-state index < -0.39 is 35.5 Å². The second kappa shape index (κ2) is 5.07. The van der Waals surface area contributed by atoms with Crippen LogP contribution in [0.15, 0.2) is 0 Å². The van der Waals surface area contributed by atoms with Crippen LogP contribution in [-0.2, 0) is 0 Å². The SMILES string of the molecule is Fc1c(F)c(F)[n+](OC2CCCCC2)c(F)c1F. The van der Waals surface area contributed by atoms with E-state index in [4.69, 9.17) is 4.84 Å². The van der Waals surface area contributed by atoms with Crippen LogP contribution in [0.5, 0.6) is 0 Å². The molecule has 1 fully saturated rings. The predicted octanol–water partition coefficient (Wildman–Crippen LogP) is 2.43. The lowest BCUT2D eigenvalue weighted by Gasteiger charge is -2.17. The molecule has 18 heavy (non-hydrogen) atoms. The molecule has 0 aliphatic heterocycles. The first-order chi connectivity index (χ1) is 8.52. The van der Waals surface area contributed by atoms with Crippen molar-refractivity contribution in [3.8, 4) is 0 Å². The van der Waals surface area contributed by atoms with Gasteiger partial charge in [-0.25, -0.2) is 0 Å². The fourth-order valence-corrected chi connectivity index (χ4v) is 1.95. The number of hydrogen-bond donors (Lipinski definition) is 0. The van der Waals surface area contributed by atoms with Crippen molar-refractivity contribution in [3.05, 3.63) is 29.3 Å². The maximum absolute atomic E-state index is 13.3. The summed E-state index contributed by atoms with van der Waals surface area (Å²) in [6, 6.07) is 0. The van der Waals surface area contributed by atoms with Crippen molar-refractivity contribution in [2.75, 3.05) is 0 Å². The van der Waals surface area contributed by atoms with E-state index in [0.29, 0.717) is 12.8 Å². The Kier molecular flexibility index (Phi) is 3.68. The van der Waals surface area contributed by atoms with Crippen LogP contribution < -0.4 is 9.57 Å². The van der Waals surface area contributed by atoms with Crippen molar-refractivity contribution in [1.82, 2.24) is 0 Å². The van der Waals surface area contributed by atoms with Crippen LogP contribution in [0.4, 0.5) is 22.0 Å². The Hall–Kier alpha value is -1.40. The maximum Gasteiger partial charge on any atom is 0.451 e. The molecule has 0 saturated heterocycles. The van der Waals surface area contributed by atoms with E-state index in [-0.39, 0.29) is 4.73 Å². The number of halogens is 5. The number of rotatable bonds is 2. The summed E-state index contributed by atoms with van der Waals surface area (Å²) in [5, 5.41) is 0. The van der Waals surface area contributed by atoms with Gasteiger partial charge in [0.1, 0.15) is 0 Å². The zero-order valence-corrected chi connectivity index (χ0v) is 9.36. The summed E-state index contributed by atoms with van der Waals surface area (Å²) in [6.45, 7) is 0. The summed E-state index contributed by atoms with van der Waals surface area (Å²) in [4.78, 5) is 4.85. The number of pyridine rings is 1. The largest absolute Gasteiger partial charge is 0.451 e. The molecule has 1 aliphatic carbocycles. The highest BCUT2D eigenvalue weighted by Gasteiger charge is 2.37. The molecule has 0 spiro atoms. The summed E-state index contributed by atoms with van der Waals surface area (Å²) in [7, 11) is 0. The van der Waals surface area contributed by atoms with Gasteiger partial charge < -0.3 is 0 Å². The molecule has 100 valence electrons. The van der Waals surface area contributed by atoms with Crippen LogP contribution in [0, 0.1) is 29.3 Å². The van der Waals surface area contributed by atoms with Gasteiger partial charge in [0, 0.05) is 0 Å². The molecule has 0 aromatic carbocycles. The Morgan fingerprint density at radius 2 is 1.28 bits per heavy atom. The van der Waals surface area contributed by atoms with E-state index in [1.165, 1.54) is 0 Å². The second-order valence-electron chi connectivity index (χ2n) is 4.18. The summed E-state index contributed by atoms with van der Waals surface area (Å²) >= 11 is 0. The average Bonchev–Trinajstić information content (AvgIpc) is 2.40. The van der Waals surface area contributed by atoms with E-state index in [0.717, 1.165) is 19.3 Å². The molecule has 1 aromatic rings. The monoisotopic (exact) mass is 268 g/mol. The highest BCUT2D eigenvalue weighted by molar-refractivity contribution is 4.99. The molecule has 0 radical (unpaired) electrons. The standard InChI is InChI=1S/C11H11F5NO/c12-7-8(13)10(15)17(11(16)9(7)14)18-6-4-2-1-3-5-6/h6H,1-5H2/q+1. The van der Waals surface area contributed by atoms with E-state index in [2.05, 4.69) is 0 Å². The van der Waals surface area contributed by atoms with Gasteiger partial charge >= 0.3 is 11.9 Å². The Bertz CT molecular complexity index is 430. The minimum atomic E-state index is -2.19. The zero-order chi connectivity index (χ0) is 13.3. The van der Waals surface area contributed by atoms with E-state index in [1.807, 2.05) is 0 Å². The third-order valence-corrected chi connectivity index (χ3v) is 2.91.